The Morgan fingerprint density at radius 3 is 2.05 bits per heavy atom. The second-order valence-corrected chi connectivity index (χ2v) is 9.39. The van der Waals surface area contributed by atoms with Gasteiger partial charge in [0, 0.05) is 23.7 Å². The van der Waals surface area contributed by atoms with E-state index >= 15 is 0 Å². The normalized spacial score (nSPS) is 16.7. The van der Waals surface area contributed by atoms with E-state index in [9.17, 15) is 23.1 Å². The first-order valence-corrected chi connectivity index (χ1v) is 12.9. The summed E-state index contributed by atoms with van der Waals surface area (Å²) in [6.07, 6.45) is -5.91. The van der Waals surface area contributed by atoms with Crippen LogP contribution in [0.4, 0.5) is 18.0 Å². The smallest absolute Gasteiger partial charge is 0.416 e. The number of carboxylic acid groups (broad SMARTS) is 1. The zero-order chi connectivity index (χ0) is 29.4. The standard InChI is InChI=1S/C25H19Cl2F3N2O3.C3H9NO/c1-2-35-20-13-16(25(28,29)30)7-12-19(20)23-31-21(14-3-8-17(26)9-4-14)22(32(23)24(33)34)15-5-10-18(27)11-6-15;1-5-3-2-4/h3-13,21-22H,2H2,1H3,(H,33,34);2-4H2,1H3. The first kappa shape index (κ1) is 31.2. The summed E-state index contributed by atoms with van der Waals surface area (Å²) in [5.41, 5.74) is 5.53. The quantitative estimate of drug-likeness (QED) is 0.299. The summed E-state index contributed by atoms with van der Waals surface area (Å²) < 4.78 is 50.1. The average Bonchev–Trinajstić information content (AvgIpc) is 3.31. The molecule has 4 rings (SSSR count). The van der Waals surface area contributed by atoms with Gasteiger partial charge in [-0.3, -0.25) is 9.89 Å². The Hall–Kier alpha value is -3.31. The Kier molecular flexibility index (Phi) is 10.8. The van der Waals surface area contributed by atoms with Gasteiger partial charge in [0.05, 0.1) is 30.4 Å². The molecular weight excluding hydrogens is 570 g/mol. The van der Waals surface area contributed by atoms with Crippen LogP contribution in [0.3, 0.4) is 0 Å². The lowest BCUT2D eigenvalue weighted by Crippen LogP contribution is -2.37. The summed E-state index contributed by atoms with van der Waals surface area (Å²) in [5, 5.41) is 11.2. The van der Waals surface area contributed by atoms with Crippen molar-refractivity contribution in [2.75, 3.05) is 26.9 Å². The SMILES string of the molecule is CCOc1cc(C(F)(F)F)ccc1C1=NC(c2ccc(Cl)cc2)C(c2ccc(Cl)cc2)N1C(=O)O.COCCN. The number of aliphatic imine (C=N–C) groups is 1. The maximum atomic E-state index is 13.3. The van der Waals surface area contributed by atoms with Crippen molar-refractivity contribution >= 4 is 35.1 Å². The first-order valence-electron chi connectivity index (χ1n) is 12.2. The van der Waals surface area contributed by atoms with Crippen molar-refractivity contribution in [1.82, 2.24) is 4.90 Å². The predicted octanol–water partition coefficient (Wildman–Crippen LogP) is 7.23. The van der Waals surface area contributed by atoms with Crippen LogP contribution in [0.25, 0.3) is 0 Å². The number of benzene rings is 3. The van der Waals surface area contributed by atoms with E-state index in [1.165, 1.54) is 6.07 Å². The fourth-order valence-corrected chi connectivity index (χ4v) is 4.38. The molecule has 2 unspecified atom stereocenters. The van der Waals surface area contributed by atoms with E-state index in [0.29, 0.717) is 34.3 Å². The van der Waals surface area contributed by atoms with Gasteiger partial charge in [0.1, 0.15) is 17.6 Å². The van der Waals surface area contributed by atoms with Crippen molar-refractivity contribution in [3.05, 3.63) is 99.0 Å². The van der Waals surface area contributed by atoms with Crippen molar-refractivity contribution < 1.29 is 32.5 Å². The maximum absolute atomic E-state index is 13.3. The van der Waals surface area contributed by atoms with Gasteiger partial charge in [-0.25, -0.2) is 4.79 Å². The van der Waals surface area contributed by atoms with Crippen LogP contribution in [-0.4, -0.2) is 48.8 Å². The molecule has 0 aromatic heterocycles. The monoisotopic (exact) mass is 597 g/mol. The molecule has 40 heavy (non-hydrogen) atoms. The number of nitrogens with two attached hydrogens (primary N) is 1. The fourth-order valence-electron chi connectivity index (χ4n) is 4.13. The van der Waals surface area contributed by atoms with Gasteiger partial charge in [0.25, 0.3) is 0 Å². The van der Waals surface area contributed by atoms with Gasteiger partial charge in [0.15, 0.2) is 0 Å². The second kappa shape index (κ2) is 13.8. The molecule has 3 N–H and O–H groups in total. The summed E-state index contributed by atoms with van der Waals surface area (Å²) in [7, 11) is 1.63. The van der Waals surface area contributed by atoms with Crippen molar-refractivity contribution in [1.29, 1.82) is 0 Å². The zero-order valence-electron chi connectivity index (χ0n) is 21.7. The van der Waals surface area contributed by atoms with Crippen LogP contribution in [0, 0.1) is 0 Å². The number of amides is 1. The van der Waals surface area contributed by atoms with Crippen LogP contribution in [0.2, 0.25) is 10.0 Å². The molecule has 0 spiro atoms. The summed E-state index contributed by atoms with van der Waals surface area (Å²) >= 11 is 12.1. The lowest BCUT2D eigenvalue weighted by Gasteiger charge is -2.27. The predicted molar refractivity (Wildman–Crippen MR) is 148 cm³/mol. The van der Waals surface area contributed by atoms with E-state index in [1.54, 1.807) is 62.6 Å². The molecule has 0 radical (unpaired) electrons. The van der Waals surface area contributed by atoms with Crippen molar-refractivity contribution in [2.24, 2.45) is 10.7 Å². The third-order valence-corrected chi connectivity index (χ3v) is 6.37. The minimum atomic E-state index is -4.59. The van der Waals surface area contributed by atoms with Gasteiger partial charge in [-0.05, 0) is 60.5 Å². The third-order valence-electron chi connectivity index (χ3n) is 5.87. The molecule has 0 fully saturated rings. The van der Waals surface area contributed by atoms with Crippen LogP contribution in [-0.2, 0) is 10.9 Å². The minimum Gasteiger partial charge on any atom is -0.493 e. The highest BCUT2D eigenvalue weighted by molar-refractivity contribution is 6.30. The molecule has 1 aliphatic heterocycles. The highest BCUT2D eigenvalue weighted by Gasteiger charge is 2.43. The maximum Gasteiger partial charge on any atom is 0.416 e. The Balaban J connectivity index is 0.000000810. The number of ether oxygens (including phenoxy) is 2. The van der Waals surface area contributed by atoms with E-state index < -0.39 is 29.9 Å². The Bertz CT molecular complexity index is 1320. The Morgan fingerprint density at radius 2 is 1.60 bits per heavy atom. The number of halogens is 5. The first-order chi connectivity index (χ1) is 19.0. The van der Waals surface area contributed by atoms with Gasteiger partial charge in [0.2, 0.25) is 0 Å². The lowest BCUT2D eigenvalue weighted by molar-refractivity contribution is -0.137. The van der Waals surface area contributed by atoms with Crippen LogP contribution >= 0.6 is 23.2 Å². The van der Waals surface area contributed by atoms with Crippen LogP contribution < -0.4 is 10.5 Å². The van der Waals surface area contributed by atoms with Crippen LogP contribution in [0.5, 0.6) is 5.75 Å². The van der Waals surface area contributed by atoms with E-state index in [-0.39, 0.29) is 23.8 Å². The summed E-state index contributed by atoms with van der Waals surface area (Å²) in [4.78, 5) is 18.3. The Morgan fingerprint density at radius 1 is 1.02 bits per heavy atom. The number of nitrogens with zero attached hydrogens (tertiary/aromatic N) is 2. The van der Waals surface area contributed by atoms with E-state index in [2.05, 4.69) is 4.74 Å². The Labute approximate surface area is 239 Å². The third kappa shape index (κ3) is 7.45. The number of hydrogen-bond donors (Lipinski definition) is 2. The second-order valence-electron chi connectivity index (χ2n) is 8.52. The molecule has 2 atom stereocenters. The van der Waals surface area contributed by atoms with E-state index in [1.807, 2.05) is 0 Å². The molecule has 3 aromatic carbocycles. The van der Waals surface area contributed by atoms with Gasteiger partial charge in [-0.2, -0.15) is 13.2 Å². The van der Waals surface area contributed by atoms with Crippen molar-refractivity contribution in [2.45, 2.75) is 25.2 Å². The molecule has 0 saturated heterocycles. The zero-order valence-corrected chi connectivity index (χ0v) is 23.2. The average molecular weight is 598 g/mol. The van der Waals surface area contributed by atoms with Crippen molar-refractivity contribution in [3.8, 4) is 5.75 Å². The minimum absolute atomic E-state index is 0.0189. The molecule has 12 heteroatoms. The molecule has 1 amide bonds. The highest BCUT2D eigenvalue weighted by atomic mass is 35.5. The molecule has 1 heterocycles. The van der Waals surface area contributed by atoms with Gasteiger partial charge >= 0.3 is 12.3 Å². The topological polar surface area (TPSA) is 97.4 Å². The number of rotatable bonds is 7. The molecular formula is C28H28Cl2F3N3O4. The number of carbonyl (C=O) groups is 1. The lowest BCUT2D eigenvalue weighted by atomic mass is 9.94. The molecule has 7 nitrogen and oxygen atoms in total. The summed E-state index contributed by atoms with van der Waals surface area (Å²) in [6, 6.07) is 14.9. The number of methoxy groups -OCH3 is 1. The summed E-state index contributed by atoms with van der Waals surface area (Å²) in [6.45, 7) is 2.99. The molecule has 3 aromatic rings. The van der Waals surface area contributed by atoms with E-state index in [0.717, 1.165) is 17.0 Å². The number of alkyl halides is 3. The van der Waals surface area contributed by atoms with Crippen molar-refractivity contribution in [3.63, 3.8) is 0 Å². The number of hydrogen-bond acceptors (Lipinski definition) is 5. The largest absolute Gasteiger partial charge is 0.493 e. The van der Waals surface area contributed by atoms with E-state index in [4.69, 9.17) is 38.7 Å². The van der Waals surface area contributed by atoms with Gasteiger partial charge < -0.3 is 20.3 Å². The fraction of sp³-hybridized carbons (Fsp3) is 0.286. The molecule has 0 aliphatic carbocycles. The highest BCUT2D eigenvalue weighted by Crippen LogP contribution is 2.45. The number of amidine groups is 1. The van der Waals surface area contributed by atoms with Gasteiger partial charge in [-0.15, -0.1) is 0 Å². The molecule has 214 valence electrons. The van der Waals surface area contributed by atoms with Crippen LogP contribution in [0.15, 0.2) is 71.7 Å². The molecule has 0 bridgehead atoms. The molecule has 1 aliphatic rings. The molecule has 0 saturated carbocycles. The summed E-state index contributed by atoms with van der Waals surface area (Å²) in [5.74, 6) is -0.131. The van der Waals surface area contributed by atoms with Crippen LogP contribution in [0.1, 0.15) is 41.3 Å². The van der Waals surface area contributed by atoms with Gasteiger partial charge in [-0.1, -0.05) is 47.5 Å².